The molecule has 0 atom stereocenters. The first kappa shape index (κ1) is 32.2. The normalized spacial score (nSPS) is 15.8. The first-order valence-corrected chi connectivity index (χ1v) is 15.4. The molecule has 222 valence electrons. The van der Waals surface area contributed by atoms with Crippen LogP contribution in [0.15, 0.2) is 41.6 Å². The molecule has 0 radical (unpaired) electrons. The van der Waals surface area contributed by atoms with Crippen LogP contribution < -0.4 is 0 Å². The van der Waals surface area contributed by atoms with E-state index in [0.29, 0.717) is 17.9 Å². The molecule has 0 aliphatic heterocycles. The largest absolute Gasteiger partial charge is 0.331 e. The lowest BCUT2D eigenvalue weighted by Crippen LogP contribution is -2.26. The number of oxime groups is 1. The van der Waals surface area contributed by atoms with E-state index in [4.69, 9.17) is 4.84 Å². The van der Waals surface area contributed by atoms with Crippen molar-refractivity contribution in [2.45, 2.75) is 117 Å². The number of ketones is 1. The van der Waals surface area contributed by atoms with Crippen molar-refractivity contribution >= 4 is 23.2 Å². The van der Waals surface area contributed by atoms with E-state index in [1.54, 1.807) is 12.1 Å². The zero-order valence-corrected chi connectivity index (χ0v) is 25.5. The SMILES string of the molecule is CCCC.CCCC1(CCC)c2cc(C(=O)/C(CC3CCCCC3)=N/OC(C)=O)ccc2-c2ccc([N+](=O)[O-])cc21. The molecule has 2 aliphatic carbocycles. The molecular weight excluding hydrogens is 516 g/mol. The number of nitrogens with zero attached hydrogens (tertiary/aromatic N) is 2. The summed E-state index contributed by atoms with van der Waals surface area (Å²) in [6, 6.07) is 10.9. The van der Waals surface area contributed by atoms with Gasteiger partial charge in [-0.2, -0.15) is 0 Å². The molecule has 1 saturated carbocycles. The van der Waals surface area contributed by atoms with Gasteiger partial charge in [-0.15, -0.1) is 0 Å². The number of hydrogen-bond donors (Lipinski definition) is 0. The Morgan fingerprint density at radius 2 is 1.49 bits per heavy atom. The van der Waals surface area contributed by atoms with Crippen LogP contribution in [0, 0.1) is 16.0 Å². The number of unbranched alkanes of at least 4 members (excludes halogenated alkanes) is 1. The lowest BCUT2D eigenvalue weighted by atomic mass is 9.71. The van der Waals surface area contributed by atoms with Crippen LogP contribution in [0.1, 0.15) is 133 Å². The molecule has 0 N–H and O–H groups in total. The van der Waals surface area contributed by atoms with Gasteiger partial charge in [0.2, 0.25) is 5.78 Å². The van der Waals surface area contributed by atoms with Crippen LogP contribution in [-0.2, 0) is 15.0 Å². The van der Waals surface area contributed by atoms with Crippen LogP contribution >= 0.6 is 0 Å². The van der Waals surface area contributed by atoms with E-state index in [2.05, 4.69) is 32.9 Å². The predicted molar refractivity (Wildman–Crippen MR) is 164 cm³/mol. The summed E-state index contributed by atoms with van der Waals surface area (Å²) in [7, 11) is 0. The minimum absolute atomic E-state index is 0.0859. The van der Waals surface area contributed by atoms with Crippen molar-refractivity contribution in [3.05, 3.63) is 63.2 Å². The van der Waals surface area contributed by atoms with Gasteiger partial charge in [-0.3, -0.25) is 14.9 Å². The summed E-state index contributed by atoms with van der Waals surface area (Å²) < 4.78 is 0. The Morgan fingerprint density at radius 3 is 2.02 bits per heavy atom. The average molecular weight is 563 g/mol. The van der Waals surface area contributed by atoms with Gasteiger partial charge in [-0.1, -0.05) is 103 Å². The van der Waals surface area contributed by atoms with E-state index in [1.165, 1.54) is 26.2 Å². The van der Waals surface area contributed by atoms with Gasteiger partial charge in [0.1, 0.15) is 5.71 Å². The first-order chi connectivity index (χ1) is 19.7. The van der Waals surface area contributed by atoms with Gasteiger partial charge in [0, 0.05) is 30.0 Å². The van der Waals surface area contributed by atoms with Crippen molar-refractivity contribution in [1.29, 1.82) is 0 Å². The molecular formula is C34H46N2O5. The monoisotopic (exact) mass is 562 g/mol. The van der Waals surface area contributed by atoms with Gasteiger partial charge in [-0.25, -0.2) is 4.79 Å². The van der Waals surface area contributed by atoms with Crippen molar-refractivity contribution in [3.63, 3.8) is 0 Å². The number of Topliss-reactive ketones (excluding diaryl/α,β-unsaturated/α-hetero) is 1. The molecule has 2 aromatic rings. The second-order valence-corrected chi connectivity index (χ2v) is 11.5. The Labute approximate surface area is 244 Å². The van der Waals surface area contributed by atoms with Crippen LogP contribution in [0.25, 0.3) is 11.1 Å². The summed E-state index contributed by atoms with van der Waals surface area (Å²) in [5, 5.41) is 15.6. The molecule has 0 unspecified atom stereocenters. The maximum absolute atomic E-state index is 13.8. The van der Waals surface area contributed by atoms with Crippen molar-refractivity contribution < 1.29 is 19.3 Å². The molecule has 41 heavy (non-hydrogen) atoms. The number of fused-ring (bicyclic) bond motifs is 3. The number of carbonyl (C=O) groups is 2. The highest BCUT2D eigenvalue weighted by atomic mass is 16.7. The molecule has 0 aromatic heterocycles. The maximum Gasteiger partial charge on any atom is 0.331 e. The molecule has 2 aliphatic rings. The van der Waals surface area contributed by atoms with E-state index in [1.807, 2.05) is 24.3 Å². The Morgan fingerprint density at radius 1 is 0.902 bits per heavy atom. The topological polar surface area (TPSA) is 98.9 Å². The van der Waals surface area contributed by atoms with Crippen LogP contribution in [-0.4, -0.2) is 22.4 Å². The van der Waals surface area contributed by atoms with Gasteiger partial charge in [-0.05, 0) is 59.6 Å². The van der Waals surface area contributed by atoms with E-state index in [-0.39, 0.29) is 22.1 Å². The Balaban J connectivity index is 0.00000108. The number of nitro groups is 1. The number of non-ortho nitro benzene ring substituents is 1. The summed E-state index contributed by atoms with van der Waals surface area (Å²) >= 11 is 0. The molecule has 7 heteroatoms. The molecule has 2 aromatic carbocycles. The fraction of sp³-hybridized carbons (Fsp3) is 0.559. The van der Waals surface area contributed by atoms with Gasteiger partial charge in [0.25, 0.3) is 5.69 Å². The van der Waals surface area contributed by atoms with Crippen molar-refractivity contribution in [3.8, 4) is 11.1 Å². The lowest BCUT2D eigenvalue weighted by Gasteiger charge is -2.32. The highest BCUT2D eigenvalue weighted by molar-refractivity contribution is 6.46. The van der Waals surface area contributed by atoms with E-state index < -0.39 is 11.4 Å². The standard InChI is InChI=1S/C30H36N2O5.C4H10/c1-4-15-30(16-5-2)26-18-22(11-13-24(26)25-14-12-23(32(35)36)19-27(25)30)29(34)28(31-37-20(3)33)17-21-9-7-6-8-10-21;1-3-4-2/h11-14,18-19,21H,4-10,15-17H2,1-3H3;3-4H2,1-2H3/b31-28+;. The summed E-state index contributed by atoms with van der Waals surface area (Å²) in [5.74, 6) is -0.422. The van der Waals surface area contributed by atoms with Crippen LogP contribution in [0.3, 0.4) is 0 Å². The summed E-state index contributed by atoms with van der Waals surface area (Å²) in [5.41, 5.74) is 4.52. The molecule has 0 heterocycles. The van der Waals surface area contributed by atoms with Gasteiger partial charge >= 0.3 is 5.97 Å². The summed E-state index contributed by atoms with van der Waals surface area (Å²) in [6.45, 7) is 9.88. The quantitative estimate of drug-likeness (QED) is 0.0893. The number of hydrogen-bond acceptors (Lipinski definition) is 6. The third-order valence-corrected chi connectivity index (χ3v) is 8.42. The van der Waals surface area contributed by atoms with Gasteiger partial charge in [0.15, 0.2) is 0 Å². The third kappa shape index (κ3) is 7.49. The van der Waals surface area contributed by atoms with Gasteiger partial charge in [0.05, 0.1) is 4.92 Å². The average Bonchev–Trinajstić information content (AvgIpc) is 3.24. The summed E-state index contributed by atoms with van der Waals surface area (Å²) in [4.78, 5) is 41.5. The molecule has 0 spiro atoms. The number of rotatable bonds is 11. The number of nitro benzene ring substituents is 1. The van der Waals surface area contributed by atoms with Gasteiger partial charge < -0.3 is 4.84 Å². The molecule has 0 bridgehead atoms. The fourth-order valence-electron chi connectivity index (χ4n) is 6.38. The number of benzene rings is 2. The fourth-order valence-corrected chi connectivity index (χ4v) is 6.38. The summed E-state index contributed by atoms with van der Waals surface area (Å²) in [6.07, 6.45) is 12.2. The molecule has 7 nitrogen and oxygen atoms in total. The van der Waals surface area contributed by atoms with Crippen LogP contribution in [0.4, 0.5) is 5.69 Å². The Bertz CT molecular complexity index is 1250. The van der Waals surface area contributed by atoms with E-state index in [9.17, 15) is 19.7 Å². The van der Waals surface area contributed by atoms with E-state index >= 15 is 0 Å². The van der Waals surface area contributed by atoms with Crippen molar-refractivity contribution in [2.24, 2.45) is 11.1 Å². The highest BCUT2D eigenvalue weighted by Crippen LogP contribution is 2.54. The molecule has 0 amide bonds. The molecule has 4 rings (SSSR count). The van der Waals surface area contributed by atoms with Crippen LogP contribution in [0.5, 0.6) is 0 Å². The van der Waals surface area contributed by atoms with E-state index in [0.717, 1.165) is 73.6 Å². The molecule has 1 fully saturated rings. The first-order valence-electron chi connectivity index (χ1n) is 15.4. The Kier molecular flexibility index (Phi) is 11.8. The van der Waals surface area contributed by atoms with Crippen molar-refractivity contribution in [1.82, 2.24) is 0 Å². The predicted octanol–water partition coefficient (Wildman–Crippen LogP) is 9.34. The Hall–Kier alpha value is -3.35. The second-order valence-electron chi connectivity index (χ2n) is 11.5. The minimum atomic E-state index is -0.551. The van der Waals surface area contributed by atoms with Crippen LogP contribution in [0.2, 0.25) is 0 Å². The maximum atomic E-state index is 13.8. The lowest BCUT2D eigenvalue weighted by molar-refractivity contribution is -0.384. The smallest absolute Gasteiger partial charge is 0.318 e. The zero-order chi connectivity index (χ0) is 30.0. The molecule has 0 saturated heterocycles. The van der Waals surface area contributed by atoms with Crippen molar-refractivity contribution in [2.75, 3.05) is 0 Å². The highest BCUT2D eigenvalue weighted by Gasteiger charge is 2.43. The second kappa shape index (κ2) is 15.0. The minimum Gasteiger partial charge on any atom is -0.318 e. The zero-order valence-electron chi connectivity index (χ0n) is 25.5. The number of carbonyl (C=O) groups excluding carboxylic acids is 2. The third-order valence-electron chi connectivity index (χ3n) is 8.42.